The van der Waals surface area contributed by atoms with E-state index in [1.165, 1.54) is 33.4 Å². The first-order chi connectivity index (χ1) is 26.0. The van der Waals surface area contributed by atoms with Crippen LogP contribution in [0.5, 0.6) is 0 Å². The van der Waals surface area contributed by atoms with Crippen molar-refractivity contribution in [2.45, 2.75) is 19.3 Å². The average molecular weight is 680 g/mol. The van der Waals surface area contributed by atoms with Crippen molar-refractivity contribution in [3.05, 3.63) is 199 Å². The Balaban J connectivity index is 1.12. The van der Waals surface area contributed by atoms with Crippen molar-refractivity contribution in [2.75, 3.05) is 4.90 Å². The number of para-hydroxylation sites is 1. The molecule has 1 aliphatic rings. The van der Waals surface area contributed by atoms with Crippen molar-refractivity contribution in [1.82, 2.24) is 0 Å². The predicted octanol–water partition coefficient (Wildman–Crippen LogP) is 14.4. The zero-order valence-electron chi connectivity index (χ0n) is 29.8. The fourth-order valence-corrected chi connectivity index (χ4v) is 8.38. The molecule has 0 bridgehead atoms. The van der Waals surface area contributed by atoms with Crippen LogP contribution in [0.2, 0.25) is 0 Å². The predicted molar refractivity (Wildman–Crippen MR) is 222 cm³/mol. The van der Waals surface area contributed by atoms with Gasteiger partial charge in [-0.2, -0.15) is 0 Å². The smallest absolute Gasteiger partial charge is 0.143 e. The summed E-state index contributed by atoms with van der Waals surface area (Å²) in [7, 11) is 0. The third kappa shape index (κ3) is 5.18. The highest BCUT2D eigenvalue weighted by Gasteiger charge is 2.35. The van der Waals surface area contributed by atoms with Gasteiger partial charge in [-0.15, -0.1) is 0 Å². The summed E-state index contributed by atoms with van der Waals surface area (Å²) in [5, 5.41) is 2.26. The van der Waals surface area contributed by atoms with E-state index in [0.717, 1.165) is 61.3 Å². The highest BCUT2D eigenvalue weighted by atomic mass is 16.3. The number of hydrogen-bond donors (Lipinski definition) is 0. The summed E-state index contributed by atoms with van der Waals surface area (Å²) in [5.74, 6) is 0. The lowest BCUT2D eigenvalue weighted by atomic mass is 9.82. The number of nitrogens with zero attached hydrogens (tertiary/aromatic N) is 1. The number of benzene rings is 8. The molecule has 0 spiro atoms. The first kappa shape index (κ1) is 31.1. The SMILES string of the molecule is CC1(C)c2ccccc2-c2cc(N(c3ccc(-c4cc(-c5ccccc5)c5oc6ccccc6c5c4)cc3)c3cccc(-c4ccccc4)c3)ccc21. The van der Waals surface area contributed by atoms with E-state index in [0.29, 0.717) is 0 Å². The first-order valence-electron chi connectivity index (χ1n) is 18.3. The zero-order valence-corrected chi connectivity index (χ0v) is 29.8. The third-order valence-corrected chi connectivity index (χ3v) is 11.1. The molecular weight excluding hydrogens is 643 g/mol. The molecule has 10 rings (SSSR count). The molecule has 0 N–H and O–H groups in total. The van der Waals surface area contributed by atoms with Crippen molar-refractivity contribution in [3.63, 3.8) is 0 Å². The summed E-state index contributed by atoms with van der Waals surface area (Å²) in [6, 6.07) is 67.9. The highest BCUT2D eigenvalue weighted by molar-refractivity contribution is 6.11. The standard InChI is InChI=1S/C51H37NO/c1-51(2)47-22-11-9-20-42(47)45-33-41(28-29-48(45)51)52(40-19-13-18-37(30-40)34-14-5-3-6-15-34)39-26-24-35(25-27-39)38-31-44(36-16-7-4-8-17-36)50-46(32-38)43-21-10-12-23-49(43)53-50/h3-33H,1-2H3. The minimum absolute atomic E-state index is 0.0514. The van der Waals surface area contributed by atoms with Crippen molar-refractivity contribution in [1.29, 1.82) is 0 Å². The van der Waals surface area contributed by atoms with E-state index < -0.39 is 0 Å². The van der Waals surface area contributed by atoms with Gasteiger partial charge < -0.3 is 9.32 Å². The molecule has 2 heteroatoms. The molecule has 2 nitrogen and oxygen atoms in total. The molecule has 1 aliphatic carbocycles. The topological polar surface area (TPSA) is 16.4 Å². The van der Waals surface area contributed by atoms with Gasteiger partial charge in [-0.3, -0.25) is 0 Å². The molecule has 0 saturated carbocycles. The van der Waals surface area contributed by atoms with Gasteiger partial charge in [0.05, 0.1) is 0 Å². The molecular formula is C51H37NO. The van der Waals surface area contributed by atoms with Crippen LogP contribution in [0.15, 0.2) is 192 Å². The molecule has 0 saturated heterocycles. The highest BCUT2D eigenvalue weighted by Crippen LogP contribution is 2.51. The van der Waals surface area contributed by atoms with Crippen LogP contribution in [0, 0.1) is 0 Å². The van der Waals surface area contributed by atoms with Crippen molar-refractivity contribution < 1.29 is 4.42 Å². The number of anilines is 3. The fourth-order valence-electron chi connectivity index (χ4n) is 8.38. The Morgan fingerprint density at radius 2 is 1.00 bits per heavy atom. The maximum absolute atomic E-state index is 6.48. The van der Waals surface area contributed by atoms with E-state index in [1.807, 2.05) is 6.07 Å². The maximum atomic E-state index is 6.48. The molecule has 252 valence electrons. The van der Waals surface area contributed by atoms with Crippen LogP contribution in [0.1, 0.15) is 25.0 Å². The van der Waals surface area contributed by atoms with Crippen LogP contribution in [-0.4, -0.2) is 0 Å². The second-order valence-electron chi connectivity index (χ2n) is 14.6. The van der Waals surface area contributed by atoms with E-state index in [4.69, 9.17) is 4.42 Å². The van der Waals surface area contributed by atoms with E-state index in [1.54, 1.807) is 0 Å². The monoisotopic (exact) mass is 679 g/mol. The maximum Gasteiger partial charge on any atom is 0.143 e. The Labute approximate surface area is 310 Å². The van der Waals surface area contributed by atoms with Crippen LogP contribution in [0.25, 0.3) is 66.4 Å². The average Bonchev–Trinajstić information content (AvgIpc) is 3.70. The van der Waals surface area contributed by atoms with Gasteiger partial charge in [0.2, 0.25) is 0 Å². The van der Waals surface area contributed by atoms with Gasteiger partial charge in [-0.05, 0) is 105 Å². The molecule has 1 heterocycles. The van der Waals surface area contributed by atoms with Crippen molar-refractivity contribution >= 4 is 39.0 Å². The van der Waals surface area contributed by atoms with E-state index in [9.17, 15) is 0 Å². The van der Waals surface area contributed by atoms with Gasteiger partial charge in [0.15, 0.2) is 0 Å². The molecule has 0 unspecified atom stereocenters. The molecule has 0 atom stereocenters. The Bertz CT molecular complexity index is 2790. The quantitative estimate of drug-likeness (QED) is 0.174. The molecule has 53 heavy (non-hydrogen) atoms. The van der Waals surface area contributed by atoms with Gasteiger partial charge in [-0.25, -0.2) is 0 Å². The Kier molecular flexibility index (Phi) is 7.19. The molecule has 8 aromatic carbocycles. The van der Waals surface area contributed by atoms with Crippen LogP contribution >= 0.6 is 0 Å². The normalized spacial score (nSPS) is 12.9. The third-order valence-electron chi connectivity index (χ3n) is 11.1. The van der Waals surface area contributed by atoms with E-state index >= 15 is 0 Å². The van der Waals surface area contributed by atoms with Gasteiger partial charge in [0.1, 0.15) is 11.2 Å². The van der Waals surface area contributed by atoms with Crippen LogP contribution in [-0.2, 0) is 5.41 Å². The summed E-state index contributed by atoms with van der Waals surface area (Å²) in [6.45, 7) is 4.67. The molecule has 0 aliphatic heterocycles. The number of hydrogen-bond acceptors (Lipinski definition) is 2. The van der Waals surface area contributed by atoms with Gasteiger partial charge in [0.25, 0.3) is 0 Å². The van der Waals surface area contributed by atoms with Crippen LogP contribution < -0.4 is 4.90 Å². The minimum Gasteiger partial charge on any atom is -0.455 e. The molecule has 0 amide bonds. The van der Waals surface area contributed by atoms with Crippen LogP contribution in [0.4, 0.5) is 17.1 Å². The first-order valence-corrected chi connectivity index (χ1v) is 18.3. The summed E-state index contributed by atoms with van der Waals surface area (Å²) in [6.07, 6.45) is 0. The lowest BCUT2D eigenvalue weighted by Crippen LogP contribution is -2.15. The van der Waals surface area contributed by atoms with Gasteiger partial charge in [-0.1, -0.05) is 147 Å². The largest absolute Gasteiger partial charge is 0.455 e. The second-order valence-corrected chi connectivity index (χ2v) is 14.6. The Morgan fingerprint density at radius 1 is 0.377 bits per heavy atom. The van der Waals surface area contributed by atoms with Crippen LogP contribution in [0.3, 0.4) is 0 Å². The molecule has 0 radical (unpaired) electrons. The molecule has 1 aromatic heterocycles. The van der Waals surface area contributed by atoms with E-state index in [-0.39, 0.29) is 5.41 Å². The minimum atomic E-state index is -0.0514. The second kappa shape index (κ2) is 12.3. The lowest BCUT2D eigenvalue weighted by Gasteiger charge is -2.28. The van der Waals surface area contributed by atoms with Gasteiger partial charge >= 0.3 is 0 Å². The number of fused-ring (bicyclic) bond motifs is 6. The molecule has 9 aromatic rings. The van der Waals surface area contributed by atoms with Crippen molar-refractivity contribution in [2.24, 2.45) is 0 Å². The van der Waals surface area contributed by atoms with E-state index in [2.05, 4.69) is 201 Å². The van der Waals surface area contributed by atoms with Gasteiger partial charge in [0, 0.05) is 38.8 Å². The number of furan rings is 1. The lowest BCUT2D eigenvalue weighted by molar-refractivity contribution is 0.660. The Morgan fingerprint density at radius 3 is 1.81 bits per heavy atom. The fraction of sp³-hybridized carbons (Fsp3) is 0.0588. The summed E-state index contributed by atoms with van der Waals surface area (Å²) >= 11 is 0. The van der Waals surface area contributed by atoms with Crippen molar-refractivity contribution in [3.8, 4) is 44.5 Å². The summed E-state index contributed by atoms with van der Waals surface area (Å²) in [5.41, 5.74) is 17.4. The zero-order chi connectivity index (χ0) is 35.5. The number of rotatable bonds is 6. The summed E-state index contributed by atoms with van der Waals surface area (Å²) in [4.78, 5) is 2.40. The Hall–Kier alpha value is -6.64. The summed E-state index contributed by atoms with van der Waals surface area (Å²) < 4.78 is 6.48. The molecule has 0 fully saturated rings.